The zero-order valence-corrected chi connectivity index (χ0v) is 14.7. The number of nitrogens with zero attached hydrogens (tertiary/aromatic N) is 1. The van der Waals surface area contributed by atoms with Crippen molar-refractivity contribution in [3.8, 4) is 5.75 Å². The van der Waals surface area contributed by atoms with E-state index in [2.05, 4.69) is 28.4 Å². The average molecular weight is 346 g/mol. The molecule has 0 bridgehead atoms. The number of anilines is 2. The second kappa shape index (κ2) is 7.48. The molecule has 4 nitrogen and oxygen atoms in total. The molecule has 0 saturated carbocycles. The number of carbonyl (C=O) groups is 1. The minimum Gasteiger partial charge on any atom is -0.484 e. The number of rotatable bonds is 5. The minimum atomic E-state index is -0.160. The van der Waals surface area contributed by atoms with E-state index < -0.39 is 0 Å². The number of nitrogens with one attached hydrogen (secondary N) is 1. The molecule has 132 valence electrons. The molecule has 4 heteroatoms. The van der Waals surface area contributed by atoms with Crippen molar-refractivity contribution in [1.29, 1.82) is 0 Å². The summed E-state index contributed by atoms with van der Waals surface area (Å²) >= 11 is 0. The zero-order valence-electron chi connectivity index (χ0n) is 14.7. The highest BCUT2D eigenvalue weighted by Crippen LogP contribution is 2.22. The van der Waals surface area contributed by atoms with Gasteiger partial charge in [-0.05, 0) is 60.0 Å². The van der Waals surface area contributed by atoms with Crippen LogP contribution in [0.15, 0.2) is 66.7 Å². The van der Waals surface area contributed by atoms with Crippen molar-refractivity contribution in [3.05, 3.63) is 66.7 Å². The Hall–Kier alpha value is -3.01. The summed E-state index contributed by atoms with van der Waals surface area (Å²) in [4.78, 5) is 14.5. The van der Waals surface area contributed by atoms with Crippen LogP contribution in [0.3, 0.4) is 0 Å². The number of amides is 1. The molecular formula is C22H22N2O2. The Labute approximate surface area is 153 Å². The van der Waals surface area contributed by atoms with Crippen molar-refractivity contribution in [1.82, 2.24) is 0 Å². The van der Waals surface area contributed by atoms with E-state index in [1.54, 1.807) is 0 Å². The Morgan fingerprint density at radius 2 is 1.65 bits per heavy atom. The Morgan fingerprint density at radius 3 is 2.42 bits per heavy atom. The Balaban J connectivity index is 1.33. The highest BCUT2D eigenvalue weighted by Gasteiger charge is 2.12. The predicted molar refractivity (Wildman–Crippen MR) is 106 cm³/mol. The van der Waals surface area contributed by atoms with E-state index >= 15 is 0 Å². The molecule has 0 radical (unpaired) electrons. The molecule has 1 amide bonds. The highest BCUT2D eigenvalue weighted by atomic mass is 16.5. The number of hydrogen-bond acceptors (Lipinski definition) is 3. The van der Waals surface area contributed by atoms with Crippen molar-refractivity contribution >= 4 is 28.1 Å². The van der Waals surface area contributed by atoms with E-state index in [1.165, 1.54) is 18.5 Å². The third-order valence-electron chi connectivity index (χ3n) is 4.71. The van der Waals surface area contributed by atoms with Crippen LogP contribution in [0.2, 0.25) is 0 Å². The Morgan fingerprint density at radius 1 is 0.923 bits per heavy atom. The van der Waals surface area contributed by atoms with Crippen LogP contribution in [0, 0.1) is 0 Å². The van der Waals surface area contributed by atoms with Gasteiger partial charge in [0.25, 0.3) is 5.91 Å². The monoisotopic (exact) mass is 346 g/mol. The smallest absolute Gasteiger partial charge is 0.262 e. The first-order valence-electron chi connectivity index (χ1n) is 9.04. The van der Waals surface area contributed by atoms with Gasteiger partial charge in [-0.3, -0.25) is 4.79 Å². The lowest BCUT2D eigenvalue weighted by Crippen LogP contribution is -2.20. The van der Waals surface area contributed by atoms with Gasteiger partial charge < -0.3 is 15.0 Å². The van der Waals surface area contributed by atoms with Crippen molar-refractivity contribution in [2.24, 2.45) is 0 Å². The second-order valence-corrected chi connectivity index (χ2v) is 6.59. The maximum Gasteiger partial charge on any atom is 0.262 e. The van der Waals surface area contributed by atoms with Gasteiger partial charge in [0.05, 0.1) is 0 Å². The standard InChI is InChI=1S/C22H22N2O2/c25-22(16-26-21-12-7-17-5-1-2-6-18(17)15-21)23-19-8-10-20(11-9-19)24-13-3-4-14-24/h1-2,5-12,15H,3-4,13-14,16H2,(H,23,25). The van der Waals surface area contributed by atoms with E-state index in [9.17, 15) is 4.79 Å². The van der Waals surface area contributed by atoms with E-state index in [-0.39, 0.29) is 12.5 Å². The molecule has 3 aromatic rings. The normalized spacial score (nSPS) is 13.8. The largest absolute Gasteiger partial charge is 0.484 e. The summed E-state index contributed by atoms with van der Waals surface area (Å²) in [5.41, 5.74) is 2.01. The third-order valence-corrected chi connectivity index (χ3v) is 4.71. The number of fused-ring (bicyclic) bond motifs is 1. The van der Waals surface area contributed by atoms with Crippen LogP contribution < -0.4 is 15.0 Å². The molecule has 0 atom stereocenters. The van der Waals surface area contributed by atoms with Crippen LogP contribution in [0.4, 0.5) is 11.4 Å². The molecule has 3 aromatic carbocycles. The molecule has 4 rings (SSSR count). The quantitative estimate of drug-likeness (QED) is 0.742. The third kappa shape index (κ3) is 3.80. The summed E-state index contributed by atoms with van der Waals surface area (Å²) in [6, 6.07) is 21.9. The molecule has 1 saturated heterocycles. The lowest BCUT2D eigenvalue weighted by molar-refractivity contribution is -0.118. The molecule has 1 aliphatic heterocycles. The Kier molecular flexibility index (Phi) is 4.73. The summed E-state index contributed by atoms with van der Waals surface area (Å²) in [6.45, 7) is 2.23. The van der Waals surface area contributed by atoms with Crippen LogP contribution in [0.1, 0.15) is 12.8 Å². The van der Waals surface area contributed by atoms with Crippen LogP contribution in [0.5, 0.6) is 5.75 Å². The molecule has 1 N–H and O–H groups in total. The van der Waals surface area contributed by atoms with Crippen LogP contribution in [0.25, 0.3) is 10.8 Å². The topological polar surface area (TPSA) is 41.6 Å². The van der Waals surface area contributed by atoms with Gasteiger partial charge in [-0.1, -0.05) is 30.3 Å². The molecule has 0 unspecified atom stereocenters. The summed E-state index contributed by atoms with van der Waals surface area (Å²) < 4.78 is 5.63. The van der Waals surface area contributed by atoms with E-state index in [0.717, 1.165) is 29.5 Å². The Bertz CT molecular complexity index is 899. The molecule has 0 spiro atoms. The first-order chi connectivity index (χ1) is 12.8. The molecule has 1 heterocycles. The fourth-order valence-corrected chi connectivity index (χ4v) is 3.33. The lowest BCUT2D eigenvalue weighted by Gasteiger charge is -2.17. The summed E-state index contributed by atoms with van der Waals surface area (Å²) in [6.07, 6.45) is 2.51. The first kappa shape index (κ1) is 16.5. The predicted octanol–water partition coefficient (Wildman–Crippen LogP) is 4.46. The van der Waals surface area contributed by atoms with Gasteiger partial charge >= 0.3 is 0 Å². The number of ether oxygens (including phenoxy) is 1. The average Bonchev–Trinajstić information content (AvgIpc) is 3.22. The maximum atomic E-state index is 12.1. The molecule has 0 aliphatic carbocycles. The van der Waals surface area contributed by atoms with Crippen molar-refractivity contribution < 1.29 is 9.53 Å². The van der Waals surface area contributed by atoms with Crippen molar-refractivity contribution in [3.63, 3.8) is 0 Å². The molecular weight excluding hydrogens is 324 g/mol. The van der Waals surface area contributed by atoms with Crippen LogP contribution >= 0.6 is 0 Å². The molecule has 0 aromatic heterocycles. The summed E-state index contributed by atoms with van der Waals surface area (Å²) in [5.74, 6) is 0.537. The summed E-state index contributed by atoms with van der Waals surface area (Å²) in [5, 5.41) is 5.14. The molecule has 1 fully saturated rings. The maximum absolute atomic E-state index is 12.1. The minimum absolute atomic E-state index is 0.00772. The number of carbonyl (C=O) groups excluding carboxylic acids is 1. The van der Waals surface area contributed by atoms with Gasteiger partial charge in [0, 0.05) is 24.5 Å². The van der Waals surface area contributed by atoms with Crippen LogP contribution in [-0.4, -0.2) is 25.6 Å². The lowest BCUT2D eigenvalue weighted by atomic mass is 10.1. The van der Waals surface area contributed by atoms with E-state index in [0.29, 0.717) is 5.75 Å². The SMILES string of the molecule is O=C(COc1ccc2ccccc2c1)Nc1ccc(N2CCCC2)cc1. The number of hydrogen-bond donors (Lipinski definition) is 1. The summed E-state index contributed by atoms with van der Waals surface area (Å²) in [7, 11) is 0. The second-order valence-electron chi connectivity index (χ2n) is 6.59. The fraction of sp³-hybridized carbons (Fsp3) is 0.227. The van der Waals surface area contributed by atoms with E-state index in [4.69, 9.17) is 4.74 Å². The van der Waals surface area contributed by atoms with Gasteiger partial charge in [0.2, 0.25) is 0 Å². The van der Waals surface area contributed by atoms with Gasteiger partial charge in [-0.15, -0.1) is 0 Å². The van der Waals surface area contributed by atoms with Gasteiger partial charge in [-0.2, -0.15) is 0 Å². The fourth-order valence-electron chi connectivity index (χ4n) is 3.33. The zero-order chi connectivity index (χ0) is 17.8. The van der Waals surface area contributed by atoms with Crippen LogP contribution in [-0.2, 0) is 4.79 Å². The van der Waals surface area contributed by atoms with Gasteiger partial charge in [-0.25, -0.2) is 0 Å². The van der Waals surface area contributed by atoms with Gasteiger partial charge in [0.15, 0.2) is 6.61 Å². The number of benzene rings is 3. The molecule has 26 heavy (non-hydrogen) atoms. The van der Waals surface area contributed by atoms with E-state index in [1.807, 2.05) is 48.5 Å². The first-order valence-corrected chi connectivity index (χ1v) is 9.04. The van der Waals surface area contributed by atoms with Gasteiger partial charge in [0.1, 0.15) is 5.75 Å². The highest BCUT2D eigenvalue weighted by molar-refractivity contribution is 5.92. The molecule has 1 aliphatic rings. The van der Waals surface area contributed by atoms with Crippen molar-refractivity contribution in [2.75, 3.05) is 29.9 Å². The van der Waals surface area contributed by atoms with Crippen molar-refractivity contribution in [2.45, 2.75) is 12.8 Å².